The van der Waals surface area contributed by atoms with Crippen molar-refractivity contribution in [3.05, 3.63) is 24.4 Å². The minimum atomic E-state index is -0.778. The van der Waals surface area contributed by atoms with E-state index in [1.165, 1.54) is 0 Å². The molecule has 198 valence electrons. The van der Waals surface area contributed by atoms with Gasteiger partial charge in [0, 0.05) is 24.2 Å². The van der Waals surface area contributed by atoms with Crippen molar-refractivity contribution in [3.63, 3.8) is 0 Å². The van der Waals surface area contributed by atoms with E-state index in [0.29, 0.717) is 18.8 Å². The van der Waals surface area contributed by atoms with Crippen LogP contribution in [0.25, 0.3) is 0 Å². The third kappa shape index (κ3) is 4.67. The van der Waals surface area contributed by atoms with Gasteiger partial charge in [-0.05, 0) is 60.5 Å². The van der Waals surface area contributed by atoms with Gasteiger partial charge >= 0.3 is 0 Å². The zero-order valence-corrected chi connectivity index (χ0v) is 22.4. The van der Waals surface area contributed by atoms with E-state index >= 15 is 0 Å². The van der Waals surface area contributed by atoms with Crippen molar-refractivity contribution >= 4 is 23.5 Å². The van der Waals surface area contributed by atoms with Gasteiger partial charge in [-0.15, -0.1) is 0 Å². The standard InChI is InChI=1S/C28H38N6O3/c1-26(2,3)22(32-19-8-6-7-11-30-19)25(37)34-15-18-20(27(18,4)5)21(34)24(36)31-17(14-29)12-16-13-28(9-10-28)33-23(16)35/h6-8,11,16-18,20-22H,9-10,12-13,15H2,1-5H3,(H,30,32)(H,31,36)(H,33,35)/t16-,17+,18+,20+,21+,22-/m1/s1. The number of hydrogen-bond donors (Lipinski definition) is 3. The number of pyridine rings is 1. The van der Waals surface area contributed by atoms with Crippen LogP contribution < -0.4 is 16.0 Å². The van der Waals surface area contributed by atoms with Crippen molar-refractivity contribution < 1.29 is 14.4 Å². The molecular formula is C28H38N6O3. The maximum atomic E-state index is 14.0. The lowest BCUT2D eigenvalue weighted by Crippen LogP contribution is -2.57. The highest BCUT2D eigenvalue weighted by Crippen LogP contribution is 2.65. The van der Waals surface area contributed by atoms with Crippen molar-refractivity contribution in [2.45, 2.75) is 84.0 Å². The molecule has 2 saturated carbocycles. The van der Waals surface area contributed by atoms with Gasteiger partial charge in [0.05, 0.1) is 6.07 Å². The lowest BCUT2D eigenvalue weighted by atomic mass is 9.85. The molecule has 9 nitrogen and oxygen atoms in total. The molecule has 3 N–H and O–H groups in total. The summed E-state index contributed by atoms with van der Waals surface area (Å²) in [5.74, 6) is 0.139. The molecule has 6 atom stereocenters. The third-order valence-corrected chi connectivity index (χ3v) is 9.07. The normalized spacial score (nSPS) is 30.1. The predicted molar refractivity (Wildman–Crippen MR) is 138 cm³/mol. The van der Waals surface area contributed by atoms with Crippen LogP contribution in [0.4, 0.5) is 5.82 Å². The Morgan fingerprint density at radius 1 is 1.30 bits per heavy atom. The number of nitrogens with one attached hydrogen (secondary N) is 3. The molecule has 2 aliphatic heterocycles. The summed E-state index contributed by atoms with van der Waals surface area (Å²) < 4.78 is 0. The Morgan fingerprint density at radius 3 is 2.59 bits per heavy atom. The number of carbonyl (C=O) groups excluding carboxylic acids is 3. The molecule has 1 aromatic rings. The second kappa shape index (κ2) is 8.71. The molecule has 0 unspecified atom stereocenters. The molecule has 4 aliphatic rings. The zero-order chi connectivity index (χ0) is 26.8. The van der Waals surface area contributed by atoms with E-state index in [1.807, 2.05) is 39.0 Å². The first kappa shape index (κ1) is 25.5. The van der Waals surface area contributed by atoms with Crippen LogP contribution in [0.15, 0.2) is 24.4 Å². The molecule has 2 saturated heterocycles. The first-order chi connectivity index (χ1) is 17.4. The fourth-order valence-electron chi connectivity index (χ4n) is 6.56. The third-order valence-electron chi connectivity index (χ3n) is 9.07. The van der Waals surface area contributed by atoms with Gasteiger partial charge in [0.25, 0.3) is 0 Å². The van der Waals surface area contributed by atoms with Gasteiger partial charge in [-0.1, -0.05) is 40.7 Å². The van der Waals surface area contributed by atoms with Crippen LogP contribution >= 0.6 is 0 Å². The van der Waals surface area contributed by atoms with Crippen molar-refractivity contribution in [1.29, 1.82) is 5.26 Å². The maximum Gasteiger partial charge on any atom is 0.246 e. The molecule has 1 aromatic heterocycles. The van der Waals surface area contributed by atoms with Crippen LogP contribution in [0, 0.1) is 39.9 Å². The van der Waals surface area contributed by atoms with E-state index < -0.39 is 23.5 Å². The van der Waals surface area contributed by atoms with Crippen LogP contribution in [0.2, 0.25) is 0 Å². The molecule has 3 heterocycles. The minimum Gasteiger partial charge on any atom is -0.358 e. The Bertz CT molecular complexity index is 1130. The fourth-order valence-corrected chi connectivity index (χ4v) is 6.56. The van der Waals surface area contributed by atoms with Gasteiger partial charge in [0.1, 0.15) is 23.9 Å². The van der Waals surface area contributed by atoms with Crippen LogP contribution in [0.1, 0.15) is 60.3 Å². The summed E-state index contributed by atoms with van der Waals surface area (Å²) in [5.41, 5.74) is -0.549. The molecule has 1 spiro atoms. The Kier molecular flexibility index (Phi) is 6.00. The number of aromatic nitrogens is 1. The van der Waals surface area contributed by atoms with Crippen molar-refractivity contribution in [2.24, 2.45) is 28.6 Å². The molecule has 2 aliphatic carbocycles. The number of amides is 3. The zero-order valence-electron chi connectivity index (χ0n) is 22.4. The first-order valence-electron chi connectivity index (χ1n) is 13.4. The summed E-state index contributed by atoms with van der Waals surface area (Å²) in [5, 5.41) is 19.1. The van der Waals surface area contributed by atoms with E-state index in [4.69, 9.17) is 0 Å². The summed E-state index contributed by atoms with van der Waals surface area (Å²) in [7, 11) is 0. The average Bonchev–Trinajstić information content (AvgIpc) is 3.55. The van der Waals surface area contributed by atoms with E-state index in [9.17, 15) is 19.6 Å². The molecule has 3 amide bonds. The molecule has 0 aromatic carbocycles. The lowest BCUT2D eigenvalue weighted by molar-refractivity contribution is -0.142. The molecule has 0 bridgehead atoms. The van der Waals surface area contributed by atoms with Gasteiger partial charge in [0.15, 0.2) is 0 Å². The second-order valence-corrected chi connectivity index (χ2v) is 13.1. The number of likely N-dealkylation sites (tertiary alicyclic amines) is 1. The smallest absolute Gasteiger partial charge is 0.246 e. The molecular weight excluding hydrogens is 468 g/mol. The SMILES string of the molecule is CC(C)(C)[C@H](Nc1ccccn1)C(=O)N1C[C@H]2[C@@H]([C@H]1C(=O)N[C@H](C#N)C[C@@H]1CC3(CC3)NC1=O)C2(C)C. The van der Waals surface area contributed by atoms with E-state index in [2.05, 4.69) is 40.9 Å². The maximum absolute atomic E-state index is 14.0. The number of fused-ring (bicyclic) bond motifs is 1. The minimum absolute atomic E-state index is 0.0262. The Morgan fingerprint density at radius 2 is 2.03 bits per heavy atom. The lowest BCUT2D eigenvalue weighted by Gasteiger charge is -2.38. The largest absolute Gasteiger partial charge is 0.358 e. The number of piperidine rings is 1. The van der Waals surface area contributed by atoms with Crippen molar-refractivity contribution in [3.8, 4) is 6.07 Å². The summed E-state index contributed by atoms with van der Waals surface area (Å²) in [4.78, 5) is 46.1. The fraction of sp³-hybridized carbons (Fsp3) is 0.679. The van der Waals surface area contributed by atoms with E-state index in [0.717, 1.165) is 19.3 Å². The number of nitrogens with zero attached hydrogens (tertiary/aromatic N) is 3. The number of rotatable bonds is 7. The van der Waals surface area contributed by atoms with Crippen LogP contribution in [-0.2, 0) is 14.4 Å². The number of carbonyl (C=O) groups is 3. The van der Waals surface area contributed by atoms with E-state index in [-0.39, 0.29) is 46.4 Å². The second-order valence-electron chi connectivity index (χ2n) is 13.1. The highest BCUT2D eigenvalue weighted by Gasteiger charge is 2.69. The quantitative estimate of drug-likeness (QED) is 0.521. The summed E-state index contributed by atoms with van der Waals surface area (Å²) in [6.07, 6.45) is 4.65. The predicted octanol–water partition coefficient (Wildman–Crippen LogP) is 2.46. The number of nitriles is 1. The monoisotopic (exact) mass is 506 g/mol. The van der Waals surface area contributed by atoms with Crippen LogP contribution in [-0.4, -0.2) is 57.8 Å². The molecule has 4 fully saturated rings. The number of hydrogen-bond acceptors (Lipinski definition) is 6. The topological polar surface area (TPSA) is 127 Å². The highest BCUT2D eigenvalue weighted by atomic mass is 16.2. The van der Waals surface area contributed by atoms with E-state index in [1.54, 1.807) is 11.1 Å². The first-order valence-corrected chi connectivity index (χ1v) is 13.4. The number of anilines is 1. The summed E-state index contributed by atoms with van der Waals surface area (Å²) in [6.45, 7) is 10.8. The summed E-state index contributed by atoms with van der Waals surface area (Å²) in [6, 6.07) is 5.69. The van der Waals surface area contributed by atoms with Crippen molar-refractivity contribution in [1.82, 2.24) is 20.5 Å². The Hall–Kier alpha value is -3.15. The molecule has 0 radical (unpaired) electrons. The van der Waals surface area contributed by atoms with Gasteiger partial charge in [-0.2, -0.15) is 5.26 Å². The molecule has 9 heteroatoms. The van der Waals surface area contributed by atoms with Gasteiger partial charge < -0.3 is 20.9 Å². The summed E-state index contributed by atoms with van der Waals surface area (Å²) >= 11 is 0. The van der Waals surface area contributed by atoms with Gasteiger partial charge in [0.2, 0.25) is 17.7 Å². The van der Waals surface area contributed by atoms with Crippen LogP contribution in [0.3, 0.4) is 0 Å². The van der Waals surface area contributed by atoms with Gasteiger partial charge in [-0.3, -0.25) is 14.4 Å². The Labute approximate surface area is 218 Å². The average molecular weight is 507 g/mol. The van der Waals surface area contributed by atoms with Crippen molar-refractivity contribution in [2.75, 3.05) is 11.9 Å². The molecule has 37 heavy (non-hydrogen) atoms. The molecule has 5 rings (SSSR count). The van der Waals surface area contributed by atoms with Crippen LogP contribution in [0.5, 0.6) is 0 Å². The van der Waals surface area contributed by atoms with Gasteiger partial charge in [-0.25, -0.2) is 4.98 Å². The highest BCUT2D eigenvalue weighted by molar-refractivity contribution is 5.93. The Balaban J connectivity index is 1.32.